The summed E-state index contributed by atoms with van der Waals surface area (Å²) in [5, 5.41) is 10.8. The summed E-state index contributed by atoms with van der Waals surface area (Å²) >= 11 is 0. The molecule has 2 saturated heterocycles. The Morgan fingerprint density at radius 3 is 2.43 bits per heavy atom. The number of amides is 1. The van der Waals surface area contributed by atoms with Crippen molar-refractivity contribution in [3.8, 4) is 0 Å². The van der Waals surface area contributed by atoms with Crippen LogP contribution >= 0.6 is 0 Å². The number of ether oxygens (including phenoxy) is 1. The molecule has 0 saturated carbocycles. The van der Waals surface area contributed by atoms with Gasteiger partial charge in [-0.2, -0.15) is 17.7 Å². The number of alkyl halides is 3. The van der Waals surface area contributed by atoms with Crippen LogP contribution in [0.3, 0.4) is 0 Å². The summed E-state index contributed by atoms with van der Waals surface area (Å²) in [5.74, 6) is -0.690. The number of morpholine rings is 1. The molecule has 0 unspecified atom stereocenters. The zero-order valence-electron chi connectivity index (χ0n) is 15.1. The van der Waals surface area contributed by atoms with Crippen LogP contribution in [0.25, 0.3) is 5.65 Å². The fourth-order valence-corrected chi connectivity index (χ4v) is 3.36. The quantitative estimate of drug-likeness (QED) is 0.726. The van der Waals surface area contributed by atoms with E-state index < -0.39 is 12.0 Å². The Morgan fingerprint density at radius 1 is 1.04 bits per heavy atom. The molecule has 28 heavy (non-hydrogen) atoms. The monoisotopic (exact) mass is 399 g/mol. The van der Waals surface area contributed by atoms with Crippen molar-refractivity contribution in [2.75, 3.05) is 63.9 Å². The Balaban J connectivity index is 1.40. The Kier molecular flexibility index (Phi) is 5.06. The summed E-state index contributed by atoms with van der Waals surface area (Å²) in [7, 11) is 0. The molecule has 4 rings (SSSR count). The molecule has 0 N–H and O–H groups in total. The van der Waals surface area contributed by atoms with E-state index in [2.05, 4.69) is 20.2 Å². The number of piperazine rings is 1. The third-order valence-corrected chi connectivity index (χ3v) is 4.92. The third-order valence-electron chi connectivity index (χ3n) is 4.92. The summed E-state index contributed by atoms with van der Waals surface area (Å²) in [4.78, 5) is 18.2. The number of carbonyl (C=O) groups is 1. The lowest BCUT2D eigenvalue weighted by Crippen LogP contribution is -2.52. The highest BCUT2D eigenvalue weighted by Gasteiger charge is 2.38. The van der Waals surface area contributed by atoms with Gasteiger partial charge in [0.1, 0.15) is 5.82 Å². The maximum Gasteiger partial charge on any atom is 0.453 e. The van der Waals surface area contributed by atoms with E-state index in [-0.39, 0.29) is 11.6 Å². The van der Waals surface area contributed by atoms with Gasteiger partial charge < -0.3 is 14.5 Å². The SMILES string of the molecule is O=C(CN1CCOCC1)N1CCN(c2ccc3nnc(C(F)(F)F)n3n2)CC1. The summed E-state index contributed by atoms with van der Waals surface area (Å²) in [6.45, 7) is 5.12. The van der Waals surface area contributed by atoms with E-state index in [0.717, 1.165) is 13.1 Å². The summed E-state index contributed by atoms with van der Waals surface area (Å²) in [5.41, 5.74) is 0.0374. The molecule has 0 spiro atoms. The van der Waals surface area contributed by atoms with Gasteiger partial charge in [0.25, 0.3) is 5.82 Å². The van der Waals surface area contributed by atoms with Crippen LogP contribution < -0.4 is 4.90 Å². The topological polar surface area (TPSA) is 79.1 Å². The van der Waals surface area contributed by atoms with E-state index >= 15 is 0 Å². The average Bonchev–Trinajstić information content (AvgIpc) is 3.12. The van der Waals surface area contributed by atoms with Gasteiger partial charge in [-0.15, -0.1) is 15.3 Å². The van der Waals surface area contributed by atoms with Crippen LogP contribution in [0.1, 0.15) is 5.82 Å². The number of anilines is 1. The highest BCUT2D eigenvalue weighted by molar-refractivity contribution is 5.78. The average molecular weight is 399 g/mol. The van der Waals surface area contributed by atoms with Gasteiger partial charge in [0.2, 0.25) is 5.91 Å². The van der Waals surface area contributed by atoms with Gasteiger partial charge in [0.05, 0.1) is 19.8 Å². The number of hydrogen-bond donors (Lipinski definition) is 0. The van der Waals surface area contributed by atoms with Gasteiger partial charge in [-0.25, -0.2) is 0 Å². The molecule has 0 aliphatic carbocycles. The van der Waals surface area contributed by atoms with Crippen molar-refractivity contribution in [2.24, 2.45) is 0 Å². The van der Waals surface area contributed by atoms with Crippen molar-refractivity contribution in [1.29, 1.82) is 0 Å². The lowest BCUT2D eigenvalue weighted by atomic mass is 10.3. The maximum absolute atomic E-state index is 13.0. The Bertz CT molecular complexity index is 842. The predicted molar refractivity (Wildman–Crippen MR) is 91.8 cm³/mol. The first kappa shape index (κ1) is 18.9. The number of nitrogens with zero attached hydrogens (tertiary/aromatic N) is 7. The second kappa shape index (κ2) is 7.51. The summed E-state index contributed by atoms with van der Waals surface area (Å²) in [6, 6.07) is 3.08. The molecule has 0 aromatic carbocycles. The van der Waals surface area contributed by atoms with Gasteiger partial charge in [-0.05, 0) is 12.1 Å². The molecular weight excluding hydrogens is 379 g/mol. The molecule has 0 bridgehead atoms. The van der Waals surface area contributed by atoms with Crippen molar-refractivity contribution in [1.82, 2.24) is 29.6 Å². The highest BCUT2D eigenvalue weighted by Crippen LogP contribution is 2.28. The van der Waals surface area contributed by atoms with E-state index in [0.29, 0.717) is 56.3 Å². The predicted octanol–water partition coefficient (Wildman–Crippen LogP) is 0.124. The second-order valence-electron chi connectivity index (χ2n) is 6.74. The minimum absolute atomic E-state index is 0.0374. The fourth-order valence-electron chi connectivity index (χ4n) is 3.36. The molecule has 0 atom stereocenters. The van der Waals surface area contributed by atoms with E-state index in [4.69, 9.17) is 4.74 Å². The molecule has 152 valence electrons. The molecule has 1 amide bonds. The van der Waals surface area contributed by atoms with Gasteiger partial charge in [-0.3, -0.25) is 9.69 Å². The van der Waals surface area contributed by atoms with E-state index in [9.17, 15) is 18.0 Å². The largest absolute Gasteiger partial charge is 0.453 e. The van der Waals surface area contributed by atoms with Crippen molar-refractivity contribution in [3.63, 3.8) is 0 Å². The standard InChI is InChI=1S/C16H20F3N7O2/c17-16(18,19)15-21-20-12-1-2-13(22-26(12)15)24-3-5-25(6-4-24)14(27)11-23-7-9-28-10-8-23/h1-2H,3-11H2. The molecule has 12 heteroatoms. The van der Waals surface area contributed by atoms with Crippen LogP contribution in [-0.2, 0) is 15.7 Å². The molecule has 2 aliphatic heterocycles. The molecule has 2 aromatic heterocycles. The van der Waals surface area contributed by atoms with Crippen LogP contribution in [0.5, 0.6) is 0 Å². The van der Waals surface area contributed by atoms with Crippen molar-refractivity contribution in [3.05, 3.63) is 18.0 Å². The summed E-state index contributed by atoms with van der Waals surface area (Å²) < 4.78 is 45.1. The van der Waals surface area contributed by atoms with Gasteiger partial charge in [-0.1, -0.05) is 0 Å². The molecule has 0 radical (unpaired) electrons. The molecule has 4 heterocycles. The fraction of sp³-hybridized carbons (Fsp3) is 0.625. The first-order valence-corrected chi connectivity index (χ1v) is 9.04. The zero-order chi connectivity index (χ0) is 19.7. The van der Waals surface area contributed by atoms with Crippen LogP contribution in [-0.4, -0.2) is 94.5 Å². The van der Waals surface area contributed by atoms with Crippen LogP contribution in [0, 0.1) is 0 Å². The lowest BCUT2D eigenvalue weighted by molar-refractivity contribution is -0.146. The molecule has 2 fully saturated rings. The molecule has 2 aromatic rings. The summed E-state index contributed by atoms with van der Waals surface area (Å²) in [6.07, 6.45) is -4.63. The number of hydrogen-bond acceptors (Lipinski definition) is 7. The van der Waals surface area contributed by atoms with Crippen molar-refractivity contribution in [2.45, 2.75) is 6.18 Å². The maximum atomic E-state index is 13.0. The first-order chi connectivity index (χ1) is 13.4. The Hall–Kier alpha value is -2.47. The van der Waals surface area contributed by atoms with Gasteiger partial charge in [0, 0.05) is 39.3 Å². The van der Waals surface area contributed by atoms with E-state index in [1.54, 1.807) is 11.0 Å². The minimum Gasteiger partial charge on any atom is -0.379 e. The number of fused-ring (bicyclic) bond motifs is 1. The van der Waals surface area contributed by atoms with Gasteiger partial charge >= 0.3 is 6.18 Å². The van der Waals surface area contributed by atoms with Crippen LogP contribution in [0.15, 0.2) is 12.1 Å². The molecule has 2 aliphatic rings. The minimum atomic E-state index is -4.63. The molecule has 9 nitrogen and oxygen atoms in total. The van der Waals surface area contributed by atoms with Gasteiger partial charge in [0.15, 0.2) is 5.65 Å². The van der Waals surface area contributed by atoms with E-state index in [1.165, 1.54) is 6.07 Å². The van der Waals surface area contributed by atoms with Crippen LogP contribution in [0.2, 0.25) is 0 Å². The normalized spacial score (nSPS) is 19.4. The number of halogens is 3. The van der Waals surface area contributed by atoms with E-state index in [1.807, 2.05) is 4.90 Å². The first-order valence-electron chi connectivity index (χ1n) is 9.04. The zero-order valence-corrected chi connectivity index (χ0v) is 15.1. The highest BCUT2D eigenvalue weighted by atomic mass is 19.4. The Morgan fingerprint density at radius 2 is 1.75 bits per heavy atom. The lowest BCUT2D eigenvalue weighted by Gasteiger charge is -2.36. The second-order valence-corrected chi connectivity index (χ2v) is 6.74. The van der Waals surface area contributed by atoms with Crippen molar-refractivity contribution >= 4 is 17.4 Å². The number of rotatable bonds is 3. The molecular formula is C16H20F3N7O2. The van der Waals surface area contributed by atoms with Crippen LogP contribution in [0.4, 0.5) is 19.0 Å². The Labute approximate surface area is 158 Å². The number of aromatic nitrogens is 4. The smallest absolute Gasteiger partial charge is 0.379 e. The third kappa shape index (κ3) is 3.87. The number of carbonyl (C=O) groups excluding carboxylic acids is 1. The van der Waals surface area contributed by atoms with Crippen molar-refractivity contribution < 1.29 is 22.7 Å².